The number of rotatable bonds is 4. The molecule has 1 aliphatic rings. The molecule has 0 bridgehead atoms. The Hall–Kier alpha value is -0.640. The number of hydrazone groups is 1. The minimum absolute atomic E-state index is 0.0244. The lowest BCUT2D eigenvalue weighted by molar-refractivity contribution is 0.293. The van der Waals surface area contributed by atoms with Crippen molar-refractivity contribution in [1.82, 2.24) is 5.43 Å². The molecule has 10 heavy (non-hydrogen) atoms. The molecule has 58 valence electrons. The highest BCUT2D eigenvalue weighted by atomic mass is 19.1. The monoisotopic (exact) mass is 146 g/mol. The second kappa shape index (κ2) is 2.96. The van der Waals surface area contributed by atoms with Crippen LogP contribution in [0.25, 0.3) is 0 Å². The standard InChI is InChI=1S/C6H11FN2O/c7-6(1-2-6)5-9-8-3-4-10/h5,8,10H,1-4H2/b9-5+. The molecule has 4 heteroatoms. The molecule has 2 N–H and O–H groups in total. The molecule has 1 saturated carbocycles. The molecular weight excluding hydrogens is 135 g/mol. The second-order valence-corrected chi connectivity index (χ2v) is 2.42. The van der Waals surface area contributed by atoms with E-state index in [1.54, 1.807) is 0 Å². The summed E-state index contributed by atoms with van der Waals surface area (Å²) in [6, 6.07) is 0. The average molecular weight is 146 g/mol. The molecule has 0 spiro atoms. The van der Waals surface area contributed by atoms with E-state index in [1.165, 1.54) is 6.21 Å². The van der Waals surface area contributed by atoms with E-state index >= 15 is 0 Å². The van der Waals surface area contributed by atoms with E-state index < -0.39 is 5.67 Å². The minimum Gasteiger partial charge on any atom is -0.394 e. The summed E-state index contributed by atoms with van der Waals surface area (Å²) in [6.07, 6.45) is 2.43. The third-order valence-corrected chi connectivity index (χ3v) is 1.34. The van der Waals surface area contributed by atoms with Crippen LogP contribution < -0.4 is 5.43 Å². The van der Waals surface area contributed by atoms with Gasteiger partial charge in [0.15, 0.2) is 0 Å². The van der Waals surface area contributed by atoms with E-state index in [9.17, 15) is 4.39 Å². The summed E-state index contributed by atoms with van der Waals surface area (Å²) in [5.74, 6) is 0. The van der Waals surface area contributed by atoms with Gasteiger partial charge in [-0.2, -0.15) is 5.10 Å². The molecule has 0 saturated heterocycles. The second-order valence-electron chi connectivity index (χ2n) is 2.42. The summed E-state index contributed by atoms with van der Waals surface area (Å²) >= 11 is 0. The molecule has 0 aromatic heterocycles. The Morgan fingerprint density at radius 3 is 2.90 bits per heavy atom. The normalized spacial score (nSPS) is 21.4. The molecular formula is C6H11FN2O. The first-order valence-electron chi connectivity index (χ1n) is 3.34. The highest BCUT2D eigenvalue weighted by Crippen LogP contribution is 2.37. The van der Waals surface area contributed by atoms with Crippen molar-refractivity contribution in [3.05, 3.63) is 0 Å². The largest absolute Gasteiger partial charge is 0.394 e. The topological polar surface area (TPSA) is 44.6 Å². The van der Waals surface area contributed by atoms with Crippen LogP contribution in [0.5, 0.6) is 0 Å². The van der Waals surface area contributed by atoms with E-state index in [0.717, 1.165) is 0 Å². The summed E-state index contributed by atoms with van der Waals surface area (Å²) in [6.45, 7) is 0.406. The third kappa shape index (κ3) is 2.31. The van der Waals surface area contributed by atoms with E-state index in [0.29, 0.717) is 19.4 Å². The van der Waals surface area contributed by atoms with Gasteiger partial charge in [0.1, 0.15) is 5.67 Å². The Morgan fingerprint density at radius 1 is 1.70 bits per heavy atom. The Labute approximate surface area is 58.9 Å². The highest BCUT2D eigenvalue weighted by Gasteiger charge is 2.41. The van der Waals surface area contributed by atoms with Crippen molar-refractivity contribution in [1.29, 1.82) is 0 Å². The van der Waals surface area contributed by atoms with Gasteiger partial charge < -0.3 is 10.5 Å². The molecule has 0 radical (unpaired) electrons. The summed E-state index contributed by atoms with van der Waals surface area (Å²) in [5.41, 5.74) is 1.37. The number of hydrogen-bond donors (Lipinski definition) is 2. The van der Waals surface area contributed by atoms with Crippen LogP contribution in [0.15, 0.2) is 5.10 Å². The van der Waals surface area contributed by atoms with Gasteiger partial charge >= 0.3 is 0 Å². The summed E-state index contributed by atoms with van der Waals surface area (Å²) in [4.78, 5) is 0. The molecule has 1 fully saturated rings. The maximum atomic E-state index is 12.7. The van der Waals surface area contributed by atoms with E-state index in [-0.39, 0.29) is 6.61 Å². The quantitative estimate of drug-likeness (QED) is 0.334. The van der Waals surface area contributed by atoms with Crippen LogP contribution in [0.2, 0.25) is 0 Å². The van der Waals surface area contributed by atoms with Crippen LogP contribution in [0.4, 0.5) is 4.39 Å². The minimum atomic E-state index is -1.14. The van der Waals surface area contributed by atoms with Crippen molar-refractivity contribution in [2.45, 2.75) is 18.5 Å². The van der Waals surface area contributed by atoms with Crippen molar-refractivity contribution in [3.8, 4) is 0 Å². The molecule has 1 rings (SSSR count). The van der Waals surface area contributed by atoms with Gasteiger partial charge in [-0.3, -0.25) is 0 Å². The van der Waals surface area contributed by atoms with Crippen molar-refractivity contribution in [2.75, 3.05) is 13.2 Å². The Morgan fingerprint density at radius 2 is 2.40 bits per heavy atom. The third-order valence-electron chi connectivity index (χ3n) is 1.34. The maximum Gasteiger partial charge on any atom is 0.147 e. The van der Waals surface area contributed by atoms with Crippen LogP contribution in [0.3, 0.4) is 0 Å². The predicted molar refractivity (Wildman–Crippen MR) is 36.7 cm³/mol. The van der Waals surface area contributed by atoms with Crippen LogP contribution in [-0.4, -0.2) is 30.1 Å². The van der Waals surface area contributed by atoms with Crippen molar-refractivity contribution in [3.63, 3.8) is 0 Å². The maximum absolute atomic E-state index is 12.7. The lowest BCUT2D eigenvalue weighted by atomic mass is 10.4. The number of aliphatic hydroxyl groups excluding tert-OH is 1. The van der Waals surface area contributed by atoms with Crippen LogP contribution in [0, 0.1) is 0 Å². The fourth-order valence-corrected chi connectivity index (χ4v) is 0.524. The smallest absolute Gasteiger partial charge is 0.147 e. The Bertz CT molecular complexity index is 134. The fraction of sp³-hybridized carbons (Fsp3) is 0.833. The number of alkyl halides is 1. The van der Waals surface area contributed by atoms with E-state index in [2.05, 4.69) is 10.5 Å². The van der Waals surface area contributed by atoms with Gasteiger partial charge in [0.25, 0.3) is 0 Å². The number of aliphatic hydroxyl groups is 1. The summed E-state index contributed by atoms with van der Waals surface area (Å²) in [7, 11) is 0. The van der Waals surface area contributed by atoms with Gasteiger partial charge in [-0.1, -0.05) is 0 Å². The van der Waals surface area contributed by atoms with Crippen molar-refractivity contribution < 1.29 is 9.50 Å². The first kappa shape index (κ1) is 7.47. The zero-order chi connectivity index (χ0) is 7.45. The van der Waals surface area contributed by atoms with Crippen molar-refractivity contribution in [2.24, 2.45) is 5.10 Å². The van der Waals surface area contributed by atoms with E-state index in [1.807, 2.05) is 0 Å². The predicted octanol–water partition coefficient (Wildman–Crippen LogP) is 0.0562. The van der Waals surface area contributed by atoms with Gasteiger partial charge in [-0.25, -0.2) is 4.39 Å². The molecule has 0 aromatic carbocycles. The molecule has 1 aliphatic carbocycles. The van der Waals surface area contributed by atoms with Gasteiger partial charge in [-0.05, 0) is 12.8 Å². The van der Waals surface area contributed by atoms with Crippen LogP contribution >= 0.6 is 0 Å². The van der Waals surface area contributed by atoms with Crippen LogP contribution in [0.1, 0.15) is 12.8 Å². The molecule has 0 amide bonds. The first-order valence-corrected chi connectivity index (χ1v) is 3.34. The summed E-state index contributed by atoms with van der Waals surface area (Å²) in [5, 5.41) is 11.9. The highest BCUT2D eigenvalue weighted by molar-refractivity contribution is 5.71. The zero-order valence-corrected chi connectivity index (χ0v) is 5.68. The first-order chi connectivity index (χ1) is 4.77. The molecule has 0 heterocycles. The SMILES string of the molecule is OCCN/N=C/C1(F)CC1. The lowest BCUT2D eigenvalue weighted by Gasteiger charge is -1.95. The van der Waals surface area contributed by atoms with E-state index in [4.69, 9.17) is 5.11 Å². The Kier molecular flexibility index (Phi) is 2.21. The van der Waals surface area contributed by atoms with Crippen LogP contribution in [-0.2, 0) is 0 Å². The van der Waals surface area contributed by atoms with Gasteiger partial charge in [0, 0.05) is 0 Å². The lowest BCUT2D eigenvalue weighted by Crippen LogP contribution is -2.13. The summed E-state index contributed by atoms with van der Waals surface area (Å²) < 4.78 is 12.7. The fourth-order valence-electron chi connectivity index (χ4n) is 0.524. The van der Waals surface area contributed by atoms with Gasteiger partial charge in [0.05, 0.1) is 19.4 Å². The average Bonchev–Trinajstić information content (AvgIpc) is 2.62. The molecule has 3 nitrogen and oxygen atoms in total. The van der Waals surface area contributed by atoms with Gasteiger partial charge in [-0.15, -0.1) is 0 Å². The molecule has 0 unspecified atom stereocenters. The zero-order valence-electron chi connectivity index (χ0n) is 5.68. The number of nitrogens with zero attached hydrogens (tertiary/aromatic N) is 1. The number of halogens is 1. The Balaban J connectivity index is 2.05. The van der Waals surface area contributed by atoms with Crippen molar-refractivity contribution >= 4 is 6.21 Å². The number of hydrogen-bond acceptors (Lipinski definition) is 3. The molecule has 0 aromatic rings. The van der Waals surface area contributed by atoms with Gasteiger partial charge in [0.2, 0.25) is 0 Å². The molecule has 0 aliphatic heterocycles. The molecule has 0 atom stereocenters. The number of nitrogens with one attached hydrogen (secondary N) is 1.